The molecule has 2 aliphatic rings. The third-order valence-electron chi connectivity index (χ3n) is 8.40. The van der Waals surface area contributed by atoms with Gasteiger partial charge in [-0.2, -0.15) is 5.26 Å². The molecule has 0 saturated heterocycles. The third kappa shape index (κ3) is 3.55. The first-order valence-electron chi connectivity index (χ1n) is 12.9. The number of rotatable bonds is 6. The monoisotopic (exact) mass is 644 g/mol. The second kappa shape index (κ2) is 8.99. The first-order valence-corrected chi connectivity index (χ1v) is 14.0. The highest BCUT2D eigenvalue weighted by atomic mass is 127. The van der Waals surface area contributed by atoms with Crippen LogP contribution in [0.4, 0.5) is 0 Å². The first-order chi connectivity index (χ1) is 19.1. The number of hydrogen-bond donors (Lipinski definition) is 2. The Kier molecular flexibility index (Phi) is 5.89. The Morgan fingerprint density at radius 3 is 2.45 bits per heavy atom. The number of benzene rings is 2. The molecular formula is C31H25IN4O4. The number of carboxylic acid groups (broad SMARTS) is 1. The number of fused-ring (bicyclic) bond motifs is 1. The van der Waals surface area contributed by atoms with E-state index in [1.807, 2.05) is 62.4 Å². The molecule has 0 spiro atoms. The standard InChI is InChI=1S/C31H25IN4O4/c1-29(2)30(17-33,28(39)40)31(29,32)20-10-8-18(9-11-20)19-5-3-6-22(15-19)36-16-24(27(38)35-21-12-13-21)25(37)23-7-4-14-34-26(23)36/h3-11,14-16,21H,12-13H2,1-2H3,(H,35,38)(H,39,40). The lowest BCUT2D eigenvalue weighted by molar-refractivity contribution is -0.142. The SMILES string of the molecule is CC1(C)C(C#N)(C(=O)O)C1(I)c1ccc(-c2cccc(-n3cc(C(=O)NC4CC4)c(=O)c4cccnc43)c2)cc1. The van der Waals surface area contributed by atoms with E-state index in [4.69, 9.17) is 0 Å². The number of carboxylic acids is 1. The molecule has 2 unspecified atom stereocenters. The summed E-state index contributed by atoms with van der Waals surface area (Å²) in [7, 11) is 0. The van der Waals surface area contributed by atoms with Crippen LogP contribution in [0.25, 0.3) is 27.8 Å². The number of carbonyl (C=O) groups is 2. The molecule has 6 rings (SSSR count). The molecule has 2 saturated carbocycles. The molecule has 2 aliphatic carbocycles. The number of alkyl halides is 1. The number of halogens is 1. The molecule has 8 nitrogen and oxygen atoms in total. The van der Waals surface area contributed by atoms with Gasteiger partial charge >= 0.3 is 5.97 Å². The quantitative estimate of drug-likeness (QED) is 0.220. The van der Waals surface area contributed by atoms with Crippen molar-refractivity contribution in [3.05, 3.63) is 94.4 Å². The van der Waals surface area contributed by atoms with E-state index in [9.17, 15) is 24.8 Å². The lowest BCUT2D eigenvalue weighted by Gasteiger charge is -2.15. The molecule has 0 radical (unpaired) electrons. The largest absolute Gasteiger partial charge is 0.480 e. The normalized spacial score (nSPS) is 22.9. The number of amides is 1. The Morgan fingerprint density at radius 1 is 1.10 bits per heavy atom. The van der Waals surface area contributed by atoms with Crippen LogP contribution in [-0.2, 0) is 8.22 Å². The number of aromatic nitrogens is 2. The van der Waals surface area contributed by atoms with Gasteiger partial charge in [0.05, 0.1) is 14.9 Å². The van der Waals surface area contributed by atoms with Crippen LogP contribution in [0.5, 0.6) is 0 Å². The van der Waals surface area contributed by atoms with Gasteiger partial charge in [0.2, 0.25) is 5.43 Å². The van der Waals surface area contributed by atoms with Gasteiger partial charge in [0.25, 0.3) is 5.91 Å². The summed E-state index contributed by atoms with van der Waals surface area (Å²) in [4.78, 5) is 42.6. The molecule has 200 valence electrons. The van der Waals surface area contributed by atoms with Gasteiger partial charge in [-0.25, -0.2) is 4.98 Å². The molecule has 2 atom stereocenters. The molecule has 40 heavy (non-hydrogen) atoms. The zero-order chi connectivity index (χ0) is 28.4. The van der Waals surface area contributed by atoms with Gasteiger partial charge in [0, 0.05) is 29.5 Å². The lowest BCUT2D eigenvalue weighted by atomic mass is 9.97. The van der Waals surface area contributed by atoms with E-state index >= 15 is 0 Å². The fourth-order valence-electron chi connectivity index (χ4n) is 5.82. The average Bonchev–Trinajstić information content (AvgIpc) is 3.84. The molecule has 2 aromatic carbocycles. The molecule has 2 aromatic heterocycles. The van der Waals surface area contributed by atoms with Crippen LogP contribution in [-0.4, -0.2) is 32.6 Å². The maximum Gasteiger partial charge on any atom is 0.326 e. The van der Waals surface area contributed by atoms with Crippen molar-refractivity contribution in [3.63, 3.8) is 0 Å². The molecule has 2 heterocycles. The van der Waals surface area contributed by atoms with Crippen LogP contribution in [0, 0.1) is 22.2 Å². The number of nitrogens with one attached hydrogen (secondary N) is 1. The summed E-state index contributed by atoms with van der Waals surface area (Å²) in [6, 6.07) is 20.9. The van der Waals surface area contributed by atoms with Crippen LogP contribution in [0.3, 0.4) is 0 Å². The Hall–Kier alpha value is -4.04. The number of hydrogen-bond acceptors (Lipinski definition) is 5. The van der Waals surface area contributed by atoms with Crippen molar-refractivity contribution in [3.8, 4) is 22.9 Å². The zero-order valence-corrected chi connectivity index (χ0v) is 24.0. The molecule has 1 amide bonds. The Morgan fingerprint density at radius 2 is 1.82 bits per heavy atom. The molecule has 4 aromatic rings. The van der Waals surface area contributed by atoms with Crippen molar-refractivity contribution in [1.82, 2.24) is 14.9 Å². The van der Waals surface area contributed by atoms with Gasteiger partial charge in [-0.05, 0) is 53.8 Å². The van der Waals surface area contributed by atoms with E-state index < -0.39 is 20.2 Å². The third-order valence-corrected chi connectivity index (χ3v) is 11.2. The number of pyridine rings is 2. The van der Waals surface area contributed by atoms with Crippen molar-refractivity contribution < 1.29 is 14.7 Å². The summed E-state index contributed by atoms with van der Waals surface area (Å²) in [5.41, 5.74) is 1.21. The fraction of sp³-hybridized carbons (Fsp3) is 0.258. The summed E-state index contributed by atoms with van der Waals surface area (Å²) < 4.78 is 0.897. The van der Waals surface area contributed by atoms with Gasteiger partial charge in [-0.15, -0.1) is 0 Å². The lowest BCUT2D eigenvalue weighted by Crippen LogP contribution is -2.31. The smallest absolute Gasteiger partial charge is 0.326 e. The summed E-state index contributed by atoms with van der Waals surface area (Å²) in [6.07, 6.45) is 5.00. The van der Waals surface area contributed by atoms with Crippen molar-refractivity contribution >= 4 is 45.5 Å². The molecule has 0 aliphatic heterocycles. The number of nitriles is 1. The molecule has 2 fully saturated rings. The predicted molar refractivity (Wildman–Crippen MR) is 158 cm³/mol. The van der Waals surface area contributed by atoms with Gasteiger partial charge < -0.3 is 15.0 Å². The maximum atomic E-state index is 13.1. The van der Waals surface area contributed by atoms with E-state index in [-0.39, 0.29) is 22.9 Å². The highest BCUT2D eigenvalue weighted by Gasteiger charge is 2.87. The van der Waals surface area contributed by atoms with Crippen LogP contribution >= 0.6 is 22.6 Å². The highest BCUT2D eigenvalue weighted by molar-refractivity contribution is 14.1. The summed E-state index contributed by atoms with van der Waals surface area (Å²) >= 11 is 2.12. The Labute approximate surface area is 243 Å². The van der Waals surface area contributed by atoms with E-state index in [2.05, 4.69) is 39.0 Å². The van der Waals surface area contributed by atoms with Crippen molar-refractivity contribution in [1.29, 1.82) is 5.26 Å². The minimum absolute atomic E-state index is 0.0703. The minimum atomic E-state index is -1.51. The average molecular weight is 644 g/mol. The van der Waals surface area contributed by atoms with Crippen LogP contribution in [0.1, 0.15) is 42.6 Å². The second-order valence-corrected chi connectivity index (χ2v) is 12.6. The van der Waals surface area contributed by atoms with Gasteiger partial charge in [0.15, 0.2) is 5.41 Å². The molecular weight excluding hydrogens is 619 g/mol. The van der Waals surface area contributed by atoms with Crippen molar-refractivity contribution in [2.24, 2.45) is 10.8 Å². The van der Waals surface area contributed by atoms with E-state index in [1.165, 1.54) is 0 Å². The Balaban J connectivity index is 1.40. The fourth-order valence-corrected chi connectivity index (χ4v) is 7.47. The van der Waals surface area contributed by atoms with Crippen molar-refractivity contribution in [2.45, 2.75) is 36.2 Å². The highest BCUT2D eigenvalue weighted by Crippen LogP contribution is 2.81. The predicted octanol–water partition coefficient (Wildman–Crippen LogP) is 5.21. The van der Waals surface area contributed by atoms with E-state index in [1.54, 1.807) is 29.1 Å². The summed E-state index contributed by atoms with van der Waals surface area (Å²) in [5, 5.41) is 23.0. The number of carbonyl (C=O) groups excluding carboxylic acids is 1. The number of nitrogens with zero attached hydrogens (tertiary/aromatic N) is 3. The van der Waals surface area contributed by atoms with Gasteiger partial charge in [0.1, 0.15) is 11.2 Å². The molecule has 0 bridgehead atoms. The van der Waals surface area contributed by atoms with Crippen LogP contribution < -0.4 is 10.7 Å². The van der Waals surface area contributed by atoms with E-state index in [0.29, 0.717) is 11.0 Å². The maximum absolute atomic E-state index is 13.1. The zero-order valence-electron chi connectivity index (χ0n) is 21.8. The summed E-state index contributed by atoms with van der Waals surface area (Å²) in [6.45, 7) is 3.63. The molecule has 9 heteroatoms. The minimum Gasteiger partial charge on any atom is -0.480 e. The number of aliphatic carboxylic acids is 1. The van der Waals surface area contributed by atoms with Gasteiger partial charge in [-0.3, -0.25) is 14.4 Å². The van der Waals surface area contributed by atoms with E-state index in [0.717, 1.165) is 35.2 Å². The van der Waals surface area contributed by atoms with Crippen molar-refractivity contribution in [2.75, 3.05) is 0 Å². The first kappa shape index (κ1) is 26.2. The molecule has 2 N–H and O–H groups in total. The van der Waals surface area contributed by atoms with Crippen LogP contribution in [0.2, 0.25) is 0 Å². The second-order valence-electron chi connectivity index (χ2n) is 10.9. The topological polar surface area (TPSA) is 125 Å². The summed E-state index contributed by atoms with van der Waals surface area (Å²) in [5.74, 6) is -1.50. The van der Waals surface area contributed by atoms with Gasteiger partial charge in [-0.1, -0.05) is 72.8 Å². The van der Waals surface area contributed by atoms with Crippen LogP contribution in [0.15, 0.2) is 77.9 Å². The Bertz CT molecular complexity index is 1820.